The molecule has 0 aliphatic rings. The number of hydrogen-bond donors (Lipinski definition) is 1. The second-order valence-electron chi connectivity index (χ2n) is 4.68. The second kappa shape index (κ2) is 7.47. The van der Waals surface area contributed by atoms with E-state index in [9.17, 15) is 4.79 Å². The highest BCUT2D eigenvalue weighted by Gasteiger charge is 2.06. The van der Waals surface area contributed by atoms with Crippen LogP contribution in [0.4, 0.5) is 0 Å². The minimum Gasteiger partial charge on any atom is -0.356 e. The predicted molar refractivity (Wildman–Crippen MR) is 81.5 cm³/mol. The molecule has 2 aromatic heterocycles. The SMILES string of the molecule is Cc1c(Cl)cnn1CCC(=O)NCCCn1cc(Cl)cn1. The Bertz CT molecular complexity index is 607. The summed E-state index contributed by atoms with van der Waals surface area (Å²) >= 11 is 11.7. The molecule has 0 radical (unpaired) electrons. The lowest BCUT2D eigenvalue weighted by atomic mass is 10.3. The van der Waals surface area contributed by atoms with Gasteiger partial charge in [0.1, 0.15) is 0 Å². The fourth-order valence-corrected chi connectivity index (χ4v) is 2.17. The lowest BCUT2D eigenvalue weighted by Gasteiger charge is -2.07. The molecule has 1 N–H and O–H groups in total. The van der Waals surface area contributed by atoms with E-state index in [0.29, 0.717) is 29.6 Å². The van der Waals surface area contributed by atoms with Gasteiger partial charge in [-0.1, -0.05) is 23.2 Å². The summed E-state index contributed by atoms with van der Waals surface area (Å²) in [5, 5.41) is 12.3. The number of carbonyl (C=O) groups is 1. The number of rotatable bonds is 7. The zero-order valence-corrected chi connectivity index (χ0v) is 13.2. The first-order chi connectivity index (χ1) is 10.1. The van der Waals surface area contributed by atoms with E-state index < -0.39 is 0 Å². The average molecular weight is 330 g/mol. The zero-order chi connectivity index (χ0) is 15.2. The smallest absolute Gasteiger partial charge is 0.221 e. The molecular formula is C13H17Cl2N5O. The summed E-state index contributed by atoms with van der Waals surface area (Å²) < 4.78 is 3.48. The third-order valence-corrected chi connectivity index (χ3v) is 3.65. The second-order valence-corrected chi connectivity index (χ2v) is 5.52. The van der Waals surface area contributed by atoms with Gasteiger partial charge in [-0.2, -0.15) is 10.2 Å². The molecule has 0 spiro atoms. The van der Waals surface area contributed by atoms with Gasteiger partial charge >= 0.3 is 0 Å². The average Bonchev–Trinajstić information content (AvgIpc) is 3.01. The molecule has 114 valence electrons. The van der Waals surface area contributed by atoms with Gasteiger partial charge in [0.15, 0.2) is 0 Å². The number of nitrogens with one attached hydrogen (secondary N) is 1. The summed E-state index contributed by atoms with van der Waals surface area (Å²) in [5.41, 5.74) is 0.875. The number of nitrogens with zero attached hydrogens (tertiary/aromatic N) is 4. The fourth-order valence-electron chi connectivity index (χ4n) is 1.87. The zero-order valence-electron chi connectivity index (χ0n) is 11.7. The lowest BCUT2D eigenvalue weighted by molar-refractivity contribution is -0.121. The van der Waals surface area contributed by atoms with Crippen molar-refractivity contribution < 1.29 is 4.79 Å². The molecule has 6 nitrogen and oxygen atoms in total. The maximum atomic E-state index is 11.7. The van der Waals surface area contributed by atoms with Crippen molar-refractivity contribution in [2.75, 3.05) is 6.54 Å². The quantitative estimate of drug-likeness (QED) is 0.792. The Labute approximate surface area is 133 Å². The first kappa shape index (κ1) is 15.9. The molecule has 0 aliphatic heterocycles. The highest BCUT2D eigenvalue weighted by atomic mass is 35.5. The Balaban J connectivity index is 1.62. The van der Waals surface area contributed by atoms with Gasteiger partial charge in [-0.15, -0.1) is 0 Å². The number of amides is 1. The maximum Gasteiger partial charge on any atom is 0.221 e. The van der Waals surface area contributed by atoms with Crippen LogP contribution >= 0.6 is 23.2 Å². The van der Waals surface area contributed by atoms with E-state index in [1.165, 1.54) is 0 Å². The molecule has 0 bridgehead atoms. The molecule has 0 atom stereocenters. The van der Waals surface area contributed by atoms with Gasteiger partial charge in [-0.05, 0) is 13.3 Å². The van der Waals surface area contributed by atoms with Gasteiger partial charge in [-0.3, -0.25) is 14.2 Å². The van der Waals surface area contributed by atoms with Crippen LogP contribution in [-0.2, 0) is 17.9 Å². The first-order valence-electron chi connectivity index (χ1n) is 6.69. The Morgan fingerprint density at radius 3 is 2.71 bits per heavy atom. The normalized spacial score (nSPS) is 10.8. The molecule has 0 fully saturated rings. The van der Waals surface area contributed by atoms with E-state index in [2.05, 4.69) is 15.5 Å². The van der Waals surface area contributed by atoms with Crippen molar-refractivity contribution in [2.24, 2.45) is 0 Å². The molecule has 2 aromatic rings. The number of aryl methyl sites for hydroxylation is 2. The van der Waals surface area contributed by atoms with Crippen LogP contribution in [0.25, 0.3) is 0 Å². The van der Waals surface area contributed by atoms with Crippen LogP contribution in [0.1, 0.15) is 18.5 Å². The van der Waals surface area contributed by atoms with Crippen molar-refractivity contribution in [2.45, 2.75) is 32.9 Å². The highest BCUT2D eigenvalue weighted by molar-refractivity contribution is 6.31. The maximum absolute atomic E-state index is 11.7. The van der Waals surface area contributed by atoms with Gasteiger partial charge in [0.05, 0.1) is 34.7 Å². The van der Waals surface area contributed by atoms with Crippen LogP contribution in [0.15, 0.2) is 18.6 Å². The Morgan fingerprint density at radius 2 is 2.10 bits per heavy atom. The van der Waals surface area contributed by atoms with Crippen LogP contribution in [0.3, 0.4) is 0 Å². The van der Waals surface area contributed by atoms with Crippen LogP contribution in [-0.4, -0.2) is 32.0 Å². The van der Waals surface area contributed by atoms with Crippen molar-refractivity contribution in [1.82, 2.24) is 24.9 Å². The van der Waals surface area contributed by atoms with E-state index in [0.717, 1.165) is 18.7 Å². The highest BCUT2D eigenvalue weighted by Crippen LogP contribution is 2.13. The van der Waals surface area contributed by atoms with Gasteiger partial charge in [0, 0.05) is 25.7 Å². The molecule has 0 saturated carbocycles. The minimum absolute atomic E-state index is 0.000444. The molecule has 2 rings (SSSR count). The fraction of sp³-hybridized carbons (Fsp3) is 0.462. The van der Waals surface area contributed by atoms with E-state index in [1.807, 2.05) is 6.92 Å². The summed E-state index contributed by atoms with van der Waals surface area (Å²) in [6, 6.07) is 0. The van der Waals surface area contributed by atoms with Gasteiger partial charge in [-0.25, -0.2) is 0 Å². The van der Waals surface area contributed by atoms with Crippen LogP contribution < -0.4 is 5.32 Å². The van der Waals surface area contributed by atoms with E-state index in [4.69, 9.17) is 23.2 Å². The number of aromatic nitrogens is 4. The van der Waals surface area contributed by atoms with Gasteiger partial charge < -0.3 is 5.32 Å². The summed E-state index contributed by atoms with van der Waals surface area (Å²) in [6.07, 6.45) is 6.12. The Morgan fingerprint density at radius 1 is 1.29 bits per heavy atom. The standard InChI is InChI=1S/C13H17Cl2N5O/c1-10-12(15)8-18-20(10)6-3-13(21)16-4-2-5-19-9-11(14)7-17-19/h7-9H,2-6H2,1H3,(H,16,21). The molecule has 2 heterocycles. The van der Waals surface area contributed by atoms with E-state index >= 15 is 0 Å². The number of hydrogen-bond acceptors (Lipinski definition) is 3. The van der Waals surface area contributed by atoms with E-state index in [1.54, 1.807) is 28.0 Å². The Kier molecular flexibility index (Phi) is 5.64. The summed E-state index contributed by atoms with van der Waals surface area (Å²) in [5.74, 6) is -0.000444. The summed E-state index contributed by atoms with van der Waals surface area (Å²) in [6.45, 7) is 3.73. The molecule has 21 heavy (non-hydrogen) atoms. The lowest BCUT2D eigenvalue weighted by Crippen LogP contribution is -2.26. The topological polar surface area (TPSA) is 64.7 Å². The number of carbonyl (C=O) groups excluding carboxylic acids is 1. The van der Waals surface area contributed by atoms with Crippen LogP contribution in [0, 0.1) is 6.92 Å². The Hall–Kier alpha value is -1.53. The molecule has 0 aromatic carbocycles. The van der Waals surface area contributed by atoms with Crippen molar-refractivity contribution in [1.29, 1.82) is 0 Å². The summed E-state index contributed by atoms with van der Waals surface area (Å²) in [4.78, 5) is 11.7. The van der Waals surface area contributed by atoms with Crippen molar-refractivity contribution in [3.05, 3.63) is 34.3 Å². The van der Waals surface area contributed by atoms with Gasteiger partial charge in [0.25, 0.3) is 0 Å². The molecule has 0 saturated heterocycles. The third kappa shape index (κ3) is 4.75. The van der Waals surface area contributed by atoms with Crippen LogP contribution in [0.2, 0.25) is 10.0 Å². The van der Waals surface area contributed by atoms with Gasteiger partial charge in [0.2, 0.25) is 5.91 Å². The predicted octanol–water partition coefficient (Wildman–Crippen LogP) is 2.29. The monoisotopic (exact) mass is 329 g/mol. The largest absolute Gasteiger partial charge is 0.356 e. The number of halogens is 2. The third-order valence-electron chi connectivity index (χ3n) is 3.08. The first-order valence-corrected chi connectivity index (χ1v) is 7.44. The molecule has 8 heteroatoms. The molecule has 0 aliphatic carbocycles. The molecular weight excluding hydrogens is 313 g/mol. The minimum atomic E-state index is -0.000444. The van der Waals surface area contributed by atoms with Crippen LogP contribution in [0.5, 0.6) is 0 Å². The molecule has 1 amide bonds. The summed E-state index contributed by atoms with van der Waals surface area (Å²) in [7, 11) is 0. The van der Waals surface area contributed by atoms with Crippen molar-refractivity contribution >= 4 is 29.1 Å². The van der Waals surface area contributed by atoms with E-state index in [-0.39, 0.29) is 5.91 Å². The van der Waals surface area contributed by atoms with Crippen molar-refractivity contribution in [3.8, 4) is 0 Å². The molecule has 0 unspecified atom stereocenters. The van der Waals surface area contributed by atoms with Crippen molar-refractivity contribution in [3.63, 3.8) is 0 Å².